The van der Waals surface area contributed by atoms with Gasteiger partial charge in [-0.2, -0.15) is 0 Å². The number of hydrogen-bond acceptors (Lipinski definition) is 4. The minimum Gasteiger partial charge on any atom is -0.379 e. The Morgan fingerprint density at radius 2 is 2.26 bits per heavy atom. The van der Waals surface area contributed by atoms with Gasteiger partial charge < -0.3 is 20.1 Å². The van der Waals surface area contributed by atoms with Gasteiger partial charge in [0, 0.05) is 45.2 Å². The lowest BCUT2D eigenvalue weighted by molar-refractivity contribution is 0.0420. The highest BCUT2D eigenvalue weighted by molar-refractivity contribution is 5.79. The zero-order chi connectivity index (χ0) is 16.3. The first-order chi connectivity index (χ1) is 11.3. The van der Waals surface area contributed by atoms with Crippen LogP contribution in [0.4, 0.5) is 0 Å². The molecule has 23 heavy (non-hydrogen) atoms. The second-order valence-electron chi connectivity index (χ2n) is 5.69. The van der Waals surface area contributed by atoms with Crippen molar-refractivity contribution in [2.24, 2.45) is 4.99 Å². The van der Waals surface area contributed by atoms with Gasteiger partial charge in [-0.05, 0) is 37.8 Å². The van der Waals surface area contributed by atoms with Crippen molar-refractivity contribution in [1.82, 2.24) is 15.6 Å². The van der Waals surface area contributed by atoms with Crippen LogP contribution in [0.5, 0.6) is 0 Å². The van der Waals surface area contributed by atoms with Gasteiger partial charge in [0.2, 0.25) is 0 Å². The largest absolute Gasteiger partial charge is 0.379 e. The van der Waals surface area contributed by atoms with Crippen LogP contribution in [0.3, 0.4) is 0 Å². The minimum atomic E-state index is 0.288. The van der Waals surface area contributed by atoms with Crippen LogP contribution in [0, 0.1) is 6.92 Å². The summed E-state index contributed by atoms with van der Waals surface area (Å²) in [5, 5.41) is 6.62. The summed E-state index contributed by atoms with van der Waals surface area (Å²) in [5.41, 5.74) is 2.27. The topological polar surface area (TPSA) is 67.8 Å². The Balaban J connectivity index is 1.53. The summed E-state index contributed by atoms with van der Waals surface area (Å²) in [4.78, 5) is 8.53. The van der Waals surface area contributed by atoms with Crippen molar-refractivity contribution >= 4 is 5.96 Å². The molecular weight excluding hydrogens is 292 g/mol. The van der Waals surface area contributed by atoms with Gasteiger partial charge in [0.05, 0.1) is 12.7 Å². The smallest absolute Gasteiger partial charge is 0.190 e. The van der Waals surface area contributed by atoms with Crippen LogP contribution in [-0.2, 0) is 15.9 Å². The molecule has 1 aliphatic rings. The molecule has 2 rings (SSSR count). The zero-order valence-corrected chi connectivity index (χ0v) is 14.2. The maximum atomic E-state index is 5.73. The molecule has 0 spiro atoms. The van der Waals surface area contributed by atoms with Gasteiger partial charge in [-0.1, -0.05) is 6.07 Å². The summed E-state index contributed by atoms with van der Waals surface area (Å²) < 4.78 is 11.0. The third kappa shape index (κ3) is 6.97. The number of hydrogen-bond donors (Lipinski definition) is 2. The summed E-state index contributed by atoms with van der Waals surface area (Å²) in [5.74, 6) is 0.828. The SMILES string of the molecule is CN=C(NCCCOC1CCOC1)NCCc1ccc(C)nc1. The highest BCUT2D eigenvalue weighted by atomic mass is 16.5. The molecule has 2 heterocycles. The van der Waals surface area contributed by atoms with Gasteiger partial charge in [-0.25, -0.2) is 0 Å². The summed E-state index contributed by atoms with van der Waals surface area (Å²) in [6.07, 6.45) is 5.12. The Morgan fingerprint density at radius 1 is 1.39 bits per heavy atom. The molecule has 0 radical (unpaired) electrons. The van der Waals surface area contributed by atoms with Crippen molar-refractivity contribution in [3.63, 3.8) is 0 Å². The first kappa shape index (κ1) is 17.7. The molecular formula is C17H28N4O2. The molecule has 1 aromatic heterocycles. The van der Waals surface area contributed by atoms with Crippen molar-refractivity contribution in [1.29, 1.82) is 0 Å². The van der Waals surface area contributed by atoms with Gasteiger partial charge >= 0.3 is 0 Å². The number of nitrogens with zero attached hydrogens (tertiary/aromatic N) is 2. The molecule has 2 N–H and O–H groups in total. The molecule has 6 nitrogen and oxygen atoms in total. The Kier molecular flexibility index (Phi) is 7.83. The lowest BCUT2D eigenvalue weighted by atomic mass is 10.2. The van der Waals surface area contributed by atoms with Crippen molar-refractivity contribution in [3.05, 3.63) is 29.6 Å². The maximum absolute atomic E-state index is 5.73. The highest BCUT2D eigenvalue weighted by Crippen LogP contribution is 2.07. The number of rotatable bonds is 8. The monoisotopic (exact) mass is 320 g/mol. The van der Waals surface area contributed by atoms with Crippen LogP contribution in [0.2, 0.25) is 0 Å². The van der Waals surface area contributed by atoms with E-state index in [9.17, 15) is 0 Å². The second kappa shape index (κ2) is 10.2. The Labute approximate surface area is 138 Å². The maximum Gasteiger partial charge on any atom is 0.190 e. The summed E-state index contributed by atoms with van der Waals surface area (Å²) >= 11 is 0. The van der Waals surface area contributed by atoms with E-state index in [4.69, 9.17) is 9.47 Å². The van der Waals surface area contributed by atoms with Crippen molar-refractivity contribution in [3.8, 4) is 0 Å². The third-order valence-electron chi connectivity index (χ3n) is 3.76. The van der Waals surface area contributed by atoms with Crippen LogP contribution >= 0.6 is 0 Å². The number of aryl methyl sites for hydroxylation is 1. The molecule has 0 bridgehead atoms. The fourth-order valence-electron chi connectivity index (χ4n) is 2.37. The first-order valence-corrected chi connectivity index (χ1v) is 8.33. The Bertz CT molecular complexity index is 470. The molecule has 0 amide bonds. The van der Waals surface area contributed by atoms with Gasteiger partial charge in [0.1, 0.15) is 0 Å². The van der Waals surface area contributed by atoms with Gasteiger partial charge in [0.25, 0.3) is 0 Å². The van der Waals surface area contributed by atoms with Gasteiger partial charge in [0.15, 0.2) is 5.96 Å². The lowest BCUT2D eigenvalue weighted by Gasteiger charge is -2.13. The number of pyridine rings is 1. The second-order valence-corrected chi connectivity index (χ2v) is 5.69. The van der Waals surface area contributed by atoms with Crippen LogP contribution in [0.25, 0.3) is 0 Å². The minimum absolute atomic E-state index is 0.288. The molecule has 0 aromatic carbocycles. The number of aliphatic imine (C=N–C) groups is 1. The quantitative estimate of drug-likeness (QED) is 0.429. The lowest BCUT2D eigenvalue weighted by Crippen LogP contribution is -2.39. The van der Waals surface area contributed by atoms with E-state index in [0.29, 0.717) is 0 Å². The number of nitrogens with one attached hydrogen (secondary N) is 2. The molecule has 1 saturated heterocycles. The number of aromatic nitrogens is 1. The molecule has 1 fully saturated rings. The number of guanidine groups is 1. The molecule has 1 aromatic rings. The predicted molar refractivity (Wildman–Crippen MR) is 91.8 cm³/mol. The van der Waals surface area contributed by atoms with Gasteiger partial charge in [-0.15, -0.1) is 0 Å². The average molecular weight is 320 g/mol. The van der Waals surface area contributed by atoms with Crippen molar-refractivity contribution in [2.45, 2.75) is 32.3 Å². The predicted octanol–water partition coefficient (Wildman–Crippen LogP) is 1.29. The number of ether oxygens (including phenoxy) is 2. The molecule has 6 heteroatoms. The Morgan fingerprint density at radius 3 is 2.96 bits per heavy atom. The van der Waals surface area contributed by atoms with E-state index >= 15 is 0 Å². The van der Waals surface area contributed by atoms with E-state index in [-0.39, 0.29) is 6.10 Å². The van der Waals surface area contributed by atoms with E-state index in [1.54, 1.807) is 7.05 Å². The van der Waals surface area contributed by atoms with E-state index in [1.807, 2.05) is 19.2 Å². The summed E-state index contributed by atoms with van der Waals surface area (Å²) in [6, 6.07) is 4.15. The normalized spacial score (nSPS) is 18.2. The first-order valence-electron chi connectivity index (χ1n) is 8.33. The summed E-state index contributed by atoms with van der Waals surface area (Å²) in [7, 11) is 1.79. The van der Waals surface area contributed by atoms with Crippen molar-refractivity contribution in [2.75, 3.05) is 40.0 Å². The molecule has 0 saturated carbocycles. The summed E-state index contributed by atoms with van der Waals surface area (Å²) in [6.45, 7) is 6.00. The molecule has 1 atom stereocenters. The molecule has 1 aliphatic heterocycles. The molecule has 1 unspecified atom stereocenters. The standard InChI is InChI=1S/C17H28N4O2/c1-14-4-5-15(12-21-14)6-9-20-17(18-2)19-8-3-10-23-16-7-11-22-13-16/h4-5,12,16H,3,6-11,13H2,1-2H3,(H2,18,19,20). The Hall–Kier alpha value is -1.66. The highest BCUT2D eigenvalue weighted by Gasteiger charge is 2.15. The third-order valence-corrected chi connectivity index (χ3v) is 3.76. The van der Waals surface area contributed by atoms with Gasteiger partial charge in [-0.3, -0.25) is 9.98 Å². The van der Waals surface area contributed by atoms with E-state index in [2.05, 4.69) is 26.7 Å². The van der Waals surface area contributed by atoms with Crippen LogP contribution in [-0.4, -0.2) is 57.0 Å². The zero-order valence-electron chi connectivity index (χ0n) is 14.2. The van der Waals surface area contributed by atoms with Crippen LogP contribution in [0.15, 0.2) is 23.3 Å². The van der Waals surface area contributed by atoms with Crippen LogP contribution in [0.1, 0.15) is 24.1 Å². The van der Waals surface area contributed by atoms with Crippen molar-refractivity contribution < 1.29 is 9.47 Å². The van der Waals surface area contributed by atoms with E-state index in [1.165, 1.54) is 5.56 Å². The van der Waals surface area contributed by atoms with E-state index in [0.717, 1.165) is 63.8 Å². The van der Waals surface area contributed by atoms with Crippen LogP contribution < -0.4 is 10.6 Å². The molecule has 0 aliphatic carbocycles. The fraction of sp³-hybridized carbons (Fsp3) is 0.647. The fourth-order valence-corrected chi connectivity index (χ4v) is 2.37. The average Bonchev–Trinajstić information content (AvgIpc) is 3.08. The van der Waals surface area contributed by atoms with E-state index < -0.39 is 0 Å². The molecule has 128 valence electrons.